The van der Waals surface area contributed by atoms with Crippen LogP contribution in [0.15, 0.2) is 107 Å². The predicted molar refractivity (Wildman–Crippen MR) is 131 cm³/mol. The molecule has 180 valence electrons. The summed E-state index contributed by atoms with van der Waals surface area (Å²) in [5.41, 5.74) is -5.57. The Hall–Kier alpha value is -1.96. The first-order chi connectivity index (χ1) is 16.2. The van der Waals surface area contributed by atoms with E-state index in [1.807, 2.05) is 12.1 Å². The van der Waals surface area contributed by atoms with Gasteiger partial charge in [0.15, 0.2) is 5.06 Å². The summed E-state index contributed by atoms with van der Waals surface area (Å²) in [6.07, 6.45) is 0. The smallest absolute Gasteiger partial charge is 0.487 e. The van der Waals surface area contributed by atoms with E-state index in [1.54, 1.807) is 79.9 Å². The Kier molecular flexibility index (Phi) is 7.36. The van der Waals surface area contributed by atoms with Crippen molar-refractivity contribution in [1.82, 2.24) is 0 Å². The molecule has 0 aliphatic carbocycles. The molecule has 0 amide bonds. The van der Waals surface area contributed by atoms with Gasteiger partial charge in [-0.05, 0) is 58.8 Å². The third kappa shape index (κ3) is 5.02. The van der Waals surface area contributed by atoms with Crippen LogP contribution in [0.5, 0.6) is 5.06 Å². The summed E-state index contributed by atoms with van der Waals surface area (Å²) >= 11 is 4.05. The van der Waals surface area contributed by atoms with Gasteiger partial charge in [-0.3, -0.25) is 0 Å². The van der Waals surface area contributed by atoms with Crippen LogP contribution in [0, 0.1) is 0 Å². The standard InChI is InChI=1S/C22H17F3O4S5/c1-28-18-12-13-19(30-18)31-20-14-15-21(32-20)33(16-8-4-2-5-9-16,17-10-6-3-7-11-17)29-34(26,27)22(23,24)25/h2-15H,1H3. The number of hydrogen-bond acceptors (Lipinski definition) is 7. The van der Waals surface area contributed by atoms with Crippen LogP contribution in [-0.4, -0.2) is 21.0 Å². The summed E-state index contributed by atoms with van der Waals surface area (Å²) in [4.78, 5) is 0.676. The Bertz CT molecular complexity index is 1310. The number of benzene rings is 2. The van der Waals surface area contributed by atoms with Gasteiger partial charge in [0, 0.05) is 9.79 Å². The van der Waals surface area contributed by atoms with Crippen LogP contribution in [0.2, 0.25) is 0 Å². The number of methoxy groups -OCH3 is 1. The van der Waals surface area contributed by atoms with Crippen molar-refractivity contribution in [2.75, 3.05) is 7.11 Å². The van der Waals surface area contributed by atoms with Gasteiger partial charge in [0.1, 0.15) is 0 Å². The van der Waals surface area contributed by atoms with Crippen LogP contribution in [-0.2, 0) is 13.7 Å². The quantitative estimate of drug-likeness (QED) is 0.204. The Morgan fingerprint density at radius 1 is 0.765 bits per heavy atom. The summed E-state index contributed by atoms with van der Waals surface area (Å²) < 4.78 is 77.9. The molecule has 0 aliphatic heterocycles. The van der Waals surface area contributed by atoms with Crippen molar-refractivity contribution in [2.45, 2.75) is 27.9 Å². The van der Waals surface area contributed by atoms with E-state index in [0.29, 0.717) is 14.0 Å². The Balaban J connectivity index is 1.89. The zero-order valence-electron chi connectivity index (χ0n) is 17.4. The third-order valence-electron chi connectivity index (χ3n) is 4.42. The zero-order chi connectivity index (χ0) is 24.4. The van der Waals surface area contributed by atoms with Crippen LogP contribution >= 0.6 is 44.7 Å². The Labute approximate surface area is 209 Å². The first-order valence-electron chi connectivity index (χ1n) is 9.53. The third-order valence-corrected chi connectivity index (χ3v) is 13.2. The zero-order valence-corrected chi connectivity index (χ0v) is 21.5. The van der Waals surface area contributed by atoms with Crippen LogP contribution in [0.3, 0.4) is 0 Å². The van der Waals surface area contributed by atoms with Gasteiger partial charge in [-0.2, -0.15) is 25.2 Å². The molecule has 34 heavy (non-hydrogen) atoms. The van der Waals surface area contributed by atoms with E-state index in [9.17, 15) is 21.6 Å². The van der Waals surface area contributed by atoms with Crippen molar-refractivity contribution in [3.63, 3.8) is 0 Å². The molecule has 2 heterocycles. The minimum absolute atomic E-state index is 0.338. The van der Waals surface area contributed by atoms with E-state index in [2.05, 4.69) is 0 Å². The highest BCUT2D eigenvalue weighted by atomic mass is 32.3. The second kappa shape index (κ2) is 9.96. The maximum absolute atomic E-state index is 13.5. The minimum atomic E-state index is -5.93. The Morgan fingerprint density at radius 3 is 1.79 bits per heavy atom. The molecule has 4 aromatic rings. The number of halogens is 3. The van der Waals surface area contributed by atoms with E-state index in [-0.39, 0.29) is 0 Å². The average molecular weight is 563 g/mol. The summed E-state index contributed by atoms with van der Waals surface area (Å²) in [5, 5.41) is 0.729. The van der Waals surface area contributed by atoms with Gasteiger partial charge in [-0.15, -0.1) is 11.3 Å². The van der Waals surface area contributed by atoms with Crippen LogP contribution in [0.1, 0.15) is 0 Å². The molecule has 0 radical (unpaired) electrons. The molecule has 0 atom stereocenters. The molecule has 4 nitrogen and oxygen atoms in total. The second-order valence-electron chi connectivity index (χ2n) is 6.60. The largest absolute Gasteiger partial charge is 0.524 e. The first-order valence-corrected chi connectivity index (χ1v) is 14.9. The van der Waals surface area contributed by atoms with Gasteiger partial charge in [0.25, 0.3) is 0 Å². The molecule has 0 unspecified atom stereocenters. The highest BCUT2D eigenvalue weighted by Crippen LogP contribution is 2.72. The van der Waals surface area contributed by atoms with Gasteiger partial charge in [-0.25, -0.2) is 0 Å². The molecule has 0 bridgehead atoms. The molecule has 0 aliphatic rings. The molecule has 12 heteroatoms. The topological polar surface area (TPSA) is 52.6 Å². The van der Waals surface area contributed by atoms with Crippen molar-refractivity contribution in [3.05, 3.63) is 84.9 Å². The molecule has 0 saturated carbocycles. The summed E-state index contributed by atoms with van der Waals surface area (Å²) in [5.74, 6) is 0. The molecule has 0 N–H and O–H groups in total. The van der Waals surface area contributed by atoms with E-state index in [1.165, 1.54) is 34.4 Å². The summed E-state index contributed by atoms with van der Waals surface area (Å²) in [6, 6.07) is 23.4. The van der Waals surface area contributed by atoms with Crippen molar-refractivity contribution >= 4 is 54.9 Å². The number of thiophene rings is 2. The molecule has 4 rings (SSSR count). The first kappa shape index (κ1) is 25.1. The molecule has 2 aromatic heterocycles. The van der Waals surface area contributed by atoms with Crippen LogP contribution in [0.25, 0.3) is 0 Å². The number of ether oxygens (including phenoxy) is 1. The molecule has 0 fully saturated rings. The normalized spacial score (nSPS) is 13.1. The number of rotatable bonds is 8. The fourth-order valence-corrected chi connectivity index (χ4v) is 12.1. The lowest BCUT2D eigenvalue weighted by molar-refractivity contribution is -0.0496. The molecule has 0 spiro atoms. The Morgan fingerprint density at radius 2 is 1.29 bits per heavy atom. The van der Waals surface area contributed by atoms with E-state index < -0.39 is 25.9 Å². The minimum Gasteiger partial charge on any atom is -0.487 e. The van der Waals surface area contributed by atoms with E-state index in [0.717, 1.165) is 13.5 Å². The van der Waals surface area contributed by atoms with Crippen LogP contribution in [0.4, 0.5) is 13.2 Å². The predicted octanol–water partition coefficient (Wildman–Crippen LogP) is 8.03. The highest BCUT2D eigenvalue weighted by molar-refractivity contribution is 8.34. The van der Waals surface area contributed by atoms with Crippen molar-refractivity contribution < 1.29 is 30.0 Å². The van der Waals surface area contributed by atoms with E-state index in [4.69, 9.17) is 8.37 Å². The number of hydrogen-bond donors (Lipinski definition) is 0. The maximum Gasteiger partial charge on any atom is 0.524 e. The van der Waals surface area contributed by atoms with Gasteiger partial charge < -0.3 is 4.74 Å². The maximum atomic E-state index is 13.5. The van der Waals surface area contributed by atoms with Gasteiger partial charge in [0.05, 0.1) is 19.7 Å². The lowest BCUT2D eigenvalue weighted by Gasteiger charge is -2.38. The monoisotopic (exact) mass is 562 g/mol. The van der Waals surface area contributed by atoms with E-state index >= 15 is 0 Å². The lowest BCUT2D eigenvalue weighted by atomic mass is 10.4. The van der Waals surface area contributed by atoms with Gasteiger partial charge in [-0.1, -0.05) is 59.5 Å². The summed E-state index contributed by atoms with van der Waals surface area (Å²) in [7, 11) is -7.63. The average Bonchev–Trinajstić information content (AvgIpc) is 3.48. The SMILES string of the molecule is COc1ccc(Sc2ccc(S(OS(=O)(=O)C(F)(F)F)(c3ccccc3)c3ccccc3)s2)s1. The molecular weight excluding hydrogens is 546 g/mol. The fraction of sp³-hybridized carbons (Fsp3) is 0.0909. The van der Waals surface area contributed by atoms with Crippen LogP contribution < -0.4 is 4.74 Å². The fourth-order valence-electron chi connectivity index (χ4n) is 2.96. The van der Waals surface area contributed by atoms with Gasteiger partial charge >= 0.3 is 15.6 Å². The molecule has 0 saturated heterocycles. The highest BCUT2D eigenvalue weighted by Gasteiger charge is 2.52. The van der Waals surface area contributed by atoms with Crippen molar-refractivity contribution in [1.29, 1.82) is 0 Å². The number of alkyl halides is 3. The molecule has 2 aromatic carbocycles. The summed E-state index contributed by atoms with van der Waals surface area (Å²) in [6.45, 7) is 0. The second-order valence-corrected chi connectivity index (χ2v) is 15.0. The lowest BCUT2D eigenvalue weighted by Crippen LogP contribution is -2.27. The van der Waals surface area contributed by atoms with Crippen molar-refractivity contribution in [3.8, 4) is 5.06 Å². The molecular formula is C22H17F3O4S5. The van der Waals surface area contributed by atoms with Gasteiger partial charge in [0.2, 0.25) is 0 Å². The van der Waals surface area contributed by atoms with Crippen molar-refractivity contribution in [2.24, 2.45) is 0 Å².